The fraction of sp³-hybridized carbons (Fsp3) is 0.432. The Morgan fingerprint density at radius 1 is 1.06 bits per heavy atom. The molecule has 0 saturated carbocycles. The average Bonchev–Trinajstić information content (AvgIpc) is 3.72. The van der Waals surface area contributed by atoms with Gasteiger partial charge in [-0.15, -0.1) is 0 Å². The number of ether oxygens (including phenoxy) is 3. The normalized spacial score (nSPS) is 26.3. The van der Waals surface area contributed by atoms with E-state index < -0.39 is 37.6 Å². The number of methoxy groups -OCH3 is 1. The van der Waals surface area contributed by atoms with Crippen molar-refractivity contribution in [2.24, 2.45) is 5.92 Å². The highest BCUT2D eigenvalue weighted by Gasteiger charge is 2.66. The molecule has 0 aliphatic carbocycles. The maximum absolute atomic E-state index is 14.9. The number of cyclic esters (lactones) is 1. The predicted molar refractivity (Wildman–Crippen MR) is 185 cm³/mol. The van der Waals surface area contributed by atoms with Crippen LogP contribution in [-0.4, -0.2) is 80.0 Å². The molecule has 5 atom stereocenters. The summed E-state index contributed by atoms with van der Waals surface area (Å²) in [6.07, 6.45) is -0.625. The van der Waals surface area contributed by atoms with E-state index in [1.54, 1.807) is 27.9 Å². The Kier molecular flexibility index (Phi) is 8.54. The fourth-order valence-corrected chi connectivity index (χ4v) is 11.1. The topological polar surface area (TPSA) is 129 Å². The molecular formula is C37H43N3O8Si. The first-order chi connectivity index (χ1) is 23.5. The molecule has 0 aromatic heterocycles. The molecule has 4 aliphatic rings. The molecular weight excluding hydrogens is 643 g/mol. The Balaban J connectivity index is 1.23. The number of aliphatic hydroxyl groups is 1. The summed E-state index contributed by atoms with van der Waals surface area (Å²) < 4.78 is 17.7. The number of anilines is 2. The highest BCUT2D eigenvalue weighted by atomic mass is 28.4. The summed E-state index contributed by atoms with van der Waals surface area (Å²) in [6, 6.07) is 20.5. The smallest absolute Gasteiger partial charge is 0.414 e. The van der Waals surface area contributed by atoms with Gasteiger partial charge in [-0.25, -0.2) is 4.79 Å². The third-order valence-electron chi connectivity index (χ3n) is 10.8. The van der Waals surface area contributed by atoms with Crippen LogP contribution in [0.2, 0.25) is 18.6 Å². The van der Waals surface area contributed by atoms with Gasteiger partial charge in [0.05, 0.1) is 51.1 Å². The van der Waals surface area contributed by atoms with Crippen molar-refractivity contribution in [3.63, 3.8) is 0 Å². The Bertz CT molecular complexity index is 1800. The third kappa shape index (κ3) is 5.60. The summed E-state index contributed by atoms with van der Waals surface area (Å²) in [6.45, 7) is 6.80. The molecule has 49 heavy (non-hydrogen) atoms. The van der Waals surface area contributed by atoms with Gasteiger partial charge in [0, 0.05) is 29.3 Å². The second-order valence-electron chi connectivity index (χ2n) is 14.1. The summed E-state index contributed by atoms with van der Waals surface area (Å²) >= 11 is 0. The van der Waals surface area contributed by atoms with Crippen molar-refractivity contribution in [2.45, 2.75) is 69.2 Å². The zero-order valence-electron chi connectivity index (χ0n) is 28.3. The molecule has 2 saturated heterocycles. The lowest BCUT2D eigenvalue weighted by atomic mass is 9.82. The van der Waals surface area contributed by atoms with Crippen LogP contribution >= 0.6 is 0 Å². The van der Waals surface area contributed by atoms with E-state index in [9.17, 15) is 24.3 Å². The number of fused-ring (bicyclic) bond motifs is 3. The maximum Gasteiger partial charge on any atom is 0.414 e. The largest absolute Gasteiger partial charge is 0.497 e. The second-order valence-corrected chi connectivity index (χ2v) is 18.1. The Morgan fingerprint density at radius 2 is 1.84 bits per heavy atom. The van der Waals surface area contributed by atoms with E-state index in [1.807, 2.05) is 80.7 Å². The van der Waals surface area contributed by atoms with E-state index in [0.717, 1.165) is 16.7 Å². The monoisotopic (exact) mass is 685 g/mol. The highest BCUT2D eigenvalue weighted by Crippen LogP contribution is 2.60. The number of benzene rings is 3. The van der Waals surface area contributed by atoms with Crippen LogP contribution in [0.3, 0.4) is 0 Å². The van der Waals surface area contributed by atoms with Gasteiger partial charge >= 0.3 is 6.09 Å². The highest BCUT2D eigenvalue weighted by molar-refractivity contribution is 6.71. The van der Waals surface area contributed by atoms with Gasteiger partial charge in [-0.05, 0) is 66.5 Å². The molecule has 1 spiro atoms. The van der Waals surface area contributed by atoms with Crippen LogP contribution in [0.5, 0.6) is 5.75 Å². The molecule has 7 rings (SSSR count). The number of carbonyl (C=O) groups is 3. The maximum atomic E-state index is 14.9. The predicted octanol–water partition coefficient (Wildman–Crippen LogP) is 4.33. The molecule has 3 aromatic rings. The quantitative estimate of drug-likeness (QED) is 0.336. The standard InChI is InChI=1S/C37H43N3O8Si/c1-23-34(49(3,4)45)32(19-33(42)39-21-26-10-6-5-9-25(26)17-28(39)22-41)48-37(23)30-18-29(46-2)12-13-31(30)40(35(37)43)20-24-8-7-11-27(16-24)38-14-15-47-36(38)44/h5-13,16,18,23,28,32,34,41,45H,14-15,17,19-22H2,1-4H3/t23-,28-,32+,34-,37+/m0/s1. The van der Waals surface area contributed by atoms with Crippen molar-refractivity contribution in [2.75, 3.05) is 36.7 Å². The van der Waals surface area contributed by atoms with Gasteiger partial charge in [-0.3, -0.25) is 14.5 Å². The first-order valence-corrected chi connectivity index (χ1v) is 19.9. The Morgan fingerprint density at radius 3 is 2.53 bits per heavy atom. The first-order valence-electron chi connectivity index (χ1n) is 16.9. The molecule has 2 N–H and O–H groups in total. The first kappa shape index (κ1) is 33.3. The molecule has 2 fully saturated rings. The number of amides is 3. The van der Waals surface area contributed by atoms with E-state index in [1.165, 1.54) is 0 Å². The van der Waals surface area contributed by atoms with Crippen molar-refractivity contribution >= 4 is 37.6 Å². The molecule has 258 valence electrons. The summed E-state index contributed by atoms with van der Waals surface area (Å²) in [5, 5.41) is 10.3. The van der Waals surface area contributed by atoms with Crippen LogP contribution in [0.1, 0.15) is 35.6 Å². The molecule has 4 aliphatic heterocycles. The molecule has 11 nitrogen and oxygen atoms in total. The molecule has 12 heteroatoms. The zero-order chi connectivity index (χ0) is 34.7. The van der Waals surface area contributed by atoms with Crippen molar-refractivity contribution in [3.05, 3.63) is 89.0 Å². The van der Waals surface area contributed by atoms with Crippen LogP contribution in [0.25, 0.3) is 0 Å². The number of hydrogen-bond donors (Lipinski definition) is 2. The van der Waals surface area contributed by atoms with Gasteiger partial charge in [-0.1, -0.05) is 43.3 Å². The Hall–Kier alpha value is -4.23. The van der Waals surface area contributed by atoms with E-state index in [4.69, 9.17) is 14.2 Å². The van der Waals surface area contributed by atoms with Gasteiger partial charge < -0.3 is 33.9 Å². The number of rotatable bonds is 8. The SMILES string of the molecule is COc1ccc2c(c1)[C@@]1(O[C@H](CC(=O)N3Cc4ccccc4C[C@H]3CO)[C@@H]([Si](C)(C)O)[C@@H]1C)C(=O)N2Cc1cccc(N2CCOC2=O)c1. The molecule has 0 bridgehead atoms. The lowest BCUT2D eigenvalue weighted by Crippen LogP contribution is -2.48. The second kappa shape index (κ2) is 12.6. The molecule has 4 heterocycles. The van der Waals surface area contributed by atoms with Crippen LogP contribution in [0.15, 0.2) is 66.7 Å². The van der Waals surface area contributed by atoms with Crippen LogP contribution in [0.4, 0.5) is 16.2 Å². The van der Waals surface area contributed by atoms with Crippen molar-refractivity contribution < 1.29 is 38.5 Å². The van der Waals surface area contributed by atoms with Crippen LogP contribution in [-0.2, 0) is 44.2 Å². The van der Waals surface area contributed by atoms with Gasteiger partial charge in [0.2, 0.25) is 5.91 Å². The summed E-state index contributed by atoms with van der Waals surface area (Å²) in [7, 11) is -1.47. The summed E-state index contributed by atoms with van der Waals surface area (Å²) in [5.74, 6) is -0.363. The van der Waals surface area contributed by atoms with E-state index in [2.05, 4.69) is 0 Å². The van der Waals surface area contributed by atoms with Gasteiger partial charge in [0.15, 0.2) is 13.9 Å². The molecule has 0 unspecified atom stereocenters. The summed E-state index contributed by atoms with van der Waals surface area (Å²) in [4.78, 5) is 58.1. The zero-order valence-corrected chi connectivity index (χ0v) is 29.3. The number of aliphatic hydroxyl groups excluding tert-OH is 1. The lowest BCUT2D eigenvalue weighted by Gasteiger charge is -2.37. The van der Waals surface area contributed by atoms with E-state index in [-0.39, 0.29) is 37.4 Å². The Labute approximate surface area is 287 Å². The fourth-order valence-electron chi connectivity index (χ4n) is 8.51. The molecule has 0 radical (unpaired) electrons. The minimum atomic E-state index is -3.04. The van der Waals surface area contributed by atoms with Crippen molar-refractivity contribution in [1.82, 2.24) is 4.90 Å². The number of carbonyl (C=O) groups excluding carboxylic acids is 3. The van der Waals surface area contributed by atoms with Gasteiger partial charge in [0.25, 0.3) is 5.91 Å². The molecule has 3 amide bonds. The number of nitrogens with zero attached hydrogens (tertiary/aromatic N) is 3. The van der Waals surface area contributed by atoms with Gasteiger partial charge in [0.1, 0.15) is 12.4 Å². The van der Waals surface area contributed by atoms with Crippen LogP contribution in [0, 0.1) is 5.92 Å². The van der Waals surface area contributed by atoms with Gasteiger partial charge in [-0.2, -0.15) is 0 Å². The molecule has 3 aromatic carbocycles. The average molecular weight is 686 g/mol. The van der Waals surface area contributed by atoms with E-state index in [0.29, 0.717) is 48.8 Å². The van der Waals surface area contributed by atoms with Crippen molar-refractivity contribution in [3.8, 4) is 5.75 Å². The van der Waals surface area contributed by atoms with Crippen LogP contribution < -0.4 is 14.5 Å². The van der Waals surface area contributed by atoms with E-state index >= 15 is 0 Å². The van der Waals surface area contributed by atoms with Crippen molar-refractivity contribution in [1.29, 1.82) is 0 Å². The third-order valence-corrected chi connectivity index (χ3v) is 13.3. The minimum absolute atomic E-state index is 0.0347. The summed E-state index contributed by atoms with van der Waals surface area (Å²) in [5.41, 5.74) is 3.05. The minimum Gasteiger partial charge on any atom is -0.497 e. The number of hydrogen-bond acceptors (Lipinski definition) is 8. The lowest BCUT2D eigenvalue weighted by molar-refractivity contribution is -0.151.